The summed E-state index contributed by atoms with van der Waals surface area (Å²) >= 11 is 3.36. The van der Waals surface area contributed by atoms with E-state index in [1.54, 1.807) is 23.1 Å². The largest absolute Gasteiger partial charge is 0.480 e. The highest BCUT2D eigenvalue weighted by Crippen LogP contribution is 2.23. The molecule has 0 spiro atoms. The summed E-state index contributed by atoms with van der Waals surface area (Å²) in [5.74, 6) is -1.05. The lowest BCUT2D eigenvalue weighted by Gasteiger charge is -2.32. The number of hydrogen-bond donors (Lipinski definition) is 2. The number of piperidine rings is 1. The second-order valence-electron chi connectivity index (χ2n) is 4.94. The maximum absolute atomic E-state index is 12.5. The van der Waals surface area contributed by atoms with Gasteiger partial charge in [-0.3, -0.25) is 4.79 Å². The fourth-order valence-electron chi connectivity index (χ4n) is 2.29. The predicted octanol–water partition coefficient (Wildman–Crippen LogP) is 1.74. The topological polar surface area (TPSA) is 92.9 Å². The Kier molecular flexibility index (Phi) is 5.19. The number of hydrogen-bond acceptors (Lipinski definition) is 4. The number of carbonyl (C=O) groups excluding carboxylic acids is 1. The van der Waals surface area contributed by atoms with Crippen molar-refractivity contribution in [3.05, 3.63) is 28.2 Å². The molecule has 1 fully saturated rings. The molecule has 3 N–H and O–H groups in total. The van der Waals surface area contributed by atoms with Crippen LogP contribution in [0.4, 0.5) is 5.69 Å². The van der Waals surface area contributed by atoms with Crippen LogP contribution in [0, 0.1) is 0 Å². The van der Waals surface area contributed by atoms with E-state index in [9.17, 15) is 9.59 Å². The summed E-state index contributed by atoms with van der Waals surface area (Å²) in [6.07, 6.45) is 1.17. The van der Waals surface area contributed by atoms with Crippen molar-refractivity contribution >= 4 is 33.5 Å². The summed E-state index contributed by atoms with van der Waals surface area (Å²) in [7, 11) is 0. The third kappa shape index (κ3) is 4.18. The highest BCUT2D eigenvalue weighted by Gasteiger charge is 2.25. The molecule has 1 amide bonds. The van der Waals surface area contributed by atoms with E-state index < -0.39 is 5.97 Å². The van der Waals surface area contributed by atoms with Gasteiger partial charge in [0.1, 0.15) is 6.61 Å². The van der Waals surface area contributed by atoms with E-state index in [0.717, 1.165) is 0 Å². The number of halogens is 1. The predicted molar refractivity (Wildman–Crippen MR) is 81.1 cm³/mol. The highest BCUT2D eigenvalue weighted by atomic mass is 79.9. The molecule has 0 aliphatic carbocycles. The zero-order chi connectivity index (χ0) is 15.4. The van der Waals surface area contributed by atoms with Crippen molar-refractivity contribution in [2.45, 2.75) is 18.9 Å². The van der Waals surface area contributed by atoms with E-state index >= 15 is 0 Å². The standard InChI is InChI=1S/C14H17BrN2O4/c15-12-2-1-9(16)7-11(12)14(20)17-5-3-10(4-6-17)21-8-13(18)19/h1-2,7,10H,3-6,8,16H2,(H,18,19). The number of carboxylic acid groups (broad SMARTS) is 1. The average Bonchev–Trinajstić information content (AvgIpc) is 2.47. The summed E-state index contributed by atoms with van der Waals surface area (Å²) in [5, 5.41) is 8.58. The van der Waals surface area contributed by atoms with Crippen molar-refractivity contribution in [2.24, 2.45) is 0 Å². The maximum Gasteiger partial charge on any atom is 0.329 e. The van der Waals surface area contributed by atoms with Crippen LogP contribution in [-0.4, -0.2) is 47.7 Å². The third-order valence-corrected chi connectivity index (χ3v) is 4.08. The van der Waals surface area contributed by atoms with Gasteiger partial charge in [-0.25, -0.2) is 4.79 Å². The monoisotopic (exact) mass is 356 g/mol. The second-order valence-corrected chi connectivity index (χ2v) is 5.79. The normalized spacial score (nSPS) is 16.0. The molecular formula is C14H17BrN2O4. The summed E-state index contributed by atoms with van der Waals surface area (Å²) in [6, 6.07) is 5.14. The molecule has 0 radical (unpaired) electrons. The number of likely N-dealkylation sites (tertiary alicyclic amines) is 1. The van der Waals surface area contributed by atoms with E-state index in [-0.39, 0.29) is 18.6 Å². The lowest BCUT2D eigenvalue weighted by atomic mass is 10.1. The summed E-state index contributed by atoms with van der Waals surface area (Å²) < 4.78 is 5.97. The lowest BCUT2D eigenvalue weighted by molar-refractivity contribution is -0.145. The number of carbonyl (C=O) groups is 2. The Morgan fingerprint density at radius 2 is 2.05 bits per heavy atom. The highest BCUT2D eigenvalue weighted by molar-refractivity contribution is 9.10. The minimum Gasteiger partial charge on any atom is -0.480 e. The van der Waals surface area contributed by atoms with Gasteiger partial charge in [0.25, 0.3) is 5.91 Å². The lowest BCUT2D eigenvalue weighted by Crippen LogP contribution is -2.41. The van der Waals surface area contributed by atoms with Gasteiger partial charge in [-0.1, -0.05) is 0 Å². The first-order valence-electron chi connectivity index (χ1n) is 6.65. The van der Waals surface area contributed by atoms with Crippen LogP contribution < -0.4 is 5.73 Å². The van der Waals surface area contributed by atoms with Crippen molar-refractivity contribution < 1.29 is 19.4 Å². The van der Waals surface area contributed by atoms with Crippen LogP contribution in [-0.2, 0) is 9.53 Å². The Labute approximate surface area is 131 Å². The van der Waals surface area contributed by atoms with Crippen LogP contribution >= 0.6 is 15.9 Å². The van der Waals surface area contributed by atoms with Gasteiger partial charge < -0.3 is 20.5 Å². The molecule has 114 valence electrons. The number of nitrogen functional groups attached to an aromatic ring is 1. The SMILES string of the molecule is Nc1ccc(Br)c(C(=O)N2CCC(OCC(=O)O)CC2)c1. The van der Waals surface area contributed by atoms with Gasteiger partial charge in [0, 0.05) is 23.2 Å². The van der Waals surface area contributed by atoms with E-state index in [1.807, 2.05) is 0 Å². The Morgan fingerprint density at radius 3 is 2.67 bits per heavy atom. The molecule has 1 aliphatic rings. The van der Waals surface area contributed by atoms with Crippen LogP contribution in [0.5, 0.6) is 0 Å². The molecule has 1 aromatic rings. The van der Waals surface area contributed by atoms with E-state index in [1.165, 1.54) is 0 Å². The van der Waals surface area contributed by atoms with Crippen LogP contribution in [0.25, 0.3) is 0 Å². The molecule has 1 aliphatic heterocycles. The fraction of sp³-hybridized carbons (Fsp3) is 0.429. The molecule has 1 heterocycles. The molecule has 1 aromatic carbocycles. The first-order chi connectivity index (χ1) is 9.97. The van der Waals surface area contributed by atoms with Crippen molar-refractivity contribution in [2.75, 3.05) is 25.4 Å². The number of nitrogens with zero attached hydrogens (tertiary/aromatic N) is 1. The van der Waals surface area contributed by atoms with E-state index in [2.05, 4.69) is 15.9 Å². The summed E-state index contributed by atoms with van der Waals surface area (Å²) in [4.78, 5) is 24.6. The van der Waals surface area contributed by atoms with Crippen molar-refractivity contribution in [1.29, 1.82) is 0 Å². The number of ether oxygens (including phenoxy) is 1. The number of rotatable bonds is 4. The number of benzene rings is 1. The van der Waals surface area contributed by atoms with Gasteiger partial charge in [0.05, 0.1) is 11.7 Å². The van der Waals surface area contributed by atoms with Crippen molar-refractivity contribution in [3.63, 3.8) is 0 Å². The number of amides is 1. The van der Waals surface area contributed by atoms with Gasteiger partial charge in [0.2, 0.25) is 0 Å². The molecule has 1 saturated heterocycles. The number of aliphatic carboxylic acids is 1. The number of nitrogens with two attached hydrogens (primary N) is 1. The third-order valence-electron chi connectivity index (χ3n) is 3.39. The smallest absolute Gasteiger partial charge is 0.329 e. The van der Waals surface area contributed by atoms with Crippen LogP contribution in [0.2, 0.25) is 0 Å². The van der Waals surface area contributed by atoms with Crippen molar-refractivity contribution in [1.82, 2.24) is 4.90 Å². The number of carboxylic acids is 1. The van der Waals surface area contributed by atoms with E-state index in [4.69, 9.17) is 15.6 Å². The molecule has 6 nitrogen and oxygen atoms in total. The van der Waals surface area contributed by atoms with Crippen LogP contribution in [0.15, 0.2) is 22.7 Å². The zero-order valence-electron chi connectivity index (χ0n) is 11.4. The molecule has 0 unspecified atom stereocenters. The zero-order valence-corrected chi connectivity index (χ0v) is 13.0. The molecule has 0 bridgehead atoms. The second kappa shape index (κ2) is 6.91. The maximum atomic E-state index is 12.5. The van der Waals surface area contributed by atoms with Gasteiger partial charge >= 0.3 is 5.97 Å². The minimum absolute atomic E-state index is 0.0779. The fourth-order valence-corrected chi connectivity index (χ4v) is 2.71. The first-order valence-corrected chi connectivity index (χ1v) is 7.44. The molecular weight excluding hydrogens is 340 g/mol. The first kappa shape index (κ1) is 15.8. The molecule has 21 heavy (non-hydrogen) atoms. The Bertz CT molecular complexity index is 542. The minimum atomic E-state index is -0.975. The van der Waals surface area contributed by atoms with Gasteiger partial charge in [-0.2, -0.15) is 0 Å². The molecule has 0 saturated carbocycles. The van der Waals surface area contributed by atoms with Gasteiger partial charge in [-0.05, 0) is 47.0 Å². The summed E-state index contributed by atoms with van der Waals surface area (Å²) in [6.45, 7) is 0.800. The molecule has 0 atom stereocenters. The Morgan fingerprint density at radius 1 is 1.38 bits per heavy atom. The van der Waals surface area contributed by atoms with Crippen molar-refractivity contribution in [3.8, 4) is 0 Å². The van der Waals surface area contributed by atoms with E-state index in [0.29, 0.717) is 41.7 Å². The van der Waals surface area contributed by atoms with Crippen LogP contribution in [0.3, 0.4) is 0 Å². The Hall–Kier alpha value is -1.60. The number of anilines is 1. The quantitative estimate of drug-likeness (QED) is 0.801. The molecule has 0 aromatic heterocycles. The Balaban J connectivity index is 1.94. The average molecular weight is 357 g/mol. The summed E-state index contributed by atoms with van der Waals surface area (Å²) in [5.41, 5.74) is 6.80. The van der Waals surface area contributed by atoms with Crippen LogP contribution in [0.1, 0.15) is 23.2 Å². The molecule has 2 rings (SSSR count). The van der Waals surface area contributed by atoms with Gasteiger partial charge in [-0.15, -0.1) is 0 Å². The molecule has 7 heteroatoms. The van der Waals surface area contributed by atoms with Gasteiger partial charge in [0.15, 0.2) is 0 Å².